The maximum atomic E-state index is 15.3. The second-order valence-electron chi connectivity index (χ2n) is 16.5. The standard InChI is InChI=1S/C45H48F2N12O8S/c1-4-55(2)68(64,65)54-34-8-7-32(46)41(31(34)22-48)67-37-11-9-35-40(42(37)66-3)44(63)59(26-51-35)29-23-49-45(50-24-29)58-19-17-57(18-20-58)39(61)25-56-15-13-27(14-16-56)30-6-5-28(21-33(30)47)52-36-10-12-38(60)53-43(36)62/h5-9,11,21,23-24,26-27,36,52,54H,4,10,12-20,25H2,1-3H3,(H,53,60,62)/t36-/m1/s1. The Hall–Kier alpha value is -7.29. The molecule has 3 aliphatic rings. The molecule has 8 rings (SSSR count). The van der Waals surface area contributed by atoms with Gasteiger partial charge in [-0.05, 0) is 80.2 Å². The predicted octanol–water partition coefficient (Wildman–Crippen LogP) is 3.48. The van der Waals surface area contributed by atoms with Crippen LogP contribution in [-0.2, 0) is 24.6 Å². The Morgan fingerprint density at radius 2 is 1.69 bits per heavy atom. The lowest BCUT2D eigenvalue weighted by atomic mass is 9.89. The number of fused-ring (bicyclic) bond motifs is 1. The number of methoxy groups -OCH3 is 1. The molecule has 3 aliphatic heterocycles. The third-order valence-corrected chi connectivity index (χ3v) is 13.9. The number of piperidine rings is 2. The molecule has 68 heavy (non-hydrogen) atoms. The summed E-state index contributed by atoms with van der Waals surface area (Å²) in [6.07, 6.45) is 6.15. The van der Waals surface area contributed by atoms with Gasteiger partial charge in [-0.3, -0.25) is 38.7 Å². The zero-order valence-corrected chi connectivity index (χ0v) is 38.2. The molecule has 356 valence electrons. The second kappa shape index (κ2) is 19.9. The lowest BCUT2D eigenvalue weighted by Crippen LogP contribution is -2.52. The van der Waals surface area contributed by atoms with Crippen molar-refractivity contribution in [2.24, 2.45) is 0 Å². The lowest BCUT2D eigenvalue weighted by molar-refractivity contribution is -0.134. The molecule has 5 aromatic rings. The van der Waals surface area contributed by atoms with Crippen LogP contribution in [0.4, 0.5) is 26.1 Å². The molecule has 0 radical (unpaired) electrons. The van der Waals surface area contributed by atoms with Crippen LogP contribution >= 0.6 is 0 Å². The van der Waals surface area contributed by atoms with Crippen molar-refractivity contribution in [2.75, 3.05) is 81.5 Å². The van der Waals surface area contributed by atoms with E-state index in [1.165, 1.54) is 55.6 Å². The fourth-order valence-corrected chi connectivity index (χ4v) is 9.35. The van der Waals surface area contributed by atoms with Gasteiger partial charge in [0, 0.05) is 51.9 Å². The fourth-order valence-electron chi connectivity index (χ4n) is 8.41. The Morgan fingerprint density at radius 1 is 0.956 bits per heavy atom. The first-order chi connectivity index (χ1) is 32.7. The number of likely N-dealkylation sites (tertiary alicyclic amines) is 1. The SMILES string of the molecule is CCN(C)S(=O)(=O)Nc1ccc(F)c(Oc2ccc3ncn(-c4cnc(N5CCN(C(=O)CN6CCC(c7ccc(N[C@@H]8CCC(=O)NC8=O)cc7F)CC6)CC5)nc4)c(=O)c3c2OC)c1C#N. The summed E-state index contributed by atoms with van der Waals surface area (Å²) in [7, 11) is -1.47. The predicted molar refractivity (Wildman–Crippen MR) is 245 cm³/mol. The molecule has 2 aromatic heterocycles. The number of ether oxygens (including phenoxy) is 2. The van der Waals surface area contributed by atoms with E-state index >= 15 is 8.78 Å². The van der Waals surface area contributed by atoms with Gasteiger partial charge in [-0.25, -0.2) is 23.7 Å². The Bertz CT molecular complexity index is 2970. The molecule has 5 heterocycles. The van der Waals surface area contributed by atoms with Gasteiger partial charge >= 0.3 is 10.2 Å². The highest BCUT2D eigenvalue weighted by Crippen LogP contribution is 2.40. The van der Waals surface area contributed by atoms with Gasteiger partial charge in [0.15, 0.2) is 23.1 Å². The van der Waals surface area contributed by atoms with Crippen LogP contribution in [0.2, 0.25) is 0 Å². The van der Waals surface area contributed by atoms with Crippen molar-refractivity contribution in [3.05, 3.63) is 94.3 Å². The van der Waals surface area contributed by atoms with Gasteiger partial charge in [-0.2, -0.15) is 18.0 Å². The largest absolute Gasteiger partial charge is 0.492 e. The highest BCUT2D eigenvalue weighted by atomic mass is 32.2. The molecule has 0 bridgehead atoms. The number of halogens is 2. The Morgan fingerprint density at radius 3 is 2.35 bits per heavy atom. The van der Waals surface area contributed by atoms with Crippen LogP contribution in [0.1, 0.15) is 49.7 Å². The van der Waals surface area contributed by atoms with Crippen molar-refractivity contribution in [3.63, 3.8) is 0 Å². The summed E-state index contributed by atoms with van der Waals surface area (Å²) in [6, 6.07) is 11.0. The van der Waals surface area contributed by atoms with Crippen molar-refractivity contribution in [3.8, 4) is 29.0 Å². The van der Waals surface area contributed by atoms with Crippen LogP contribution in [0.5, 0.6) is 17.2 Å². The number of piperazine rings is 1. The van der Waals surface area contributed by atoms with E-state index in [-0.39, 0.29) is 76.8 Å². The van der Waals surface area contributed by atoms with E-state index in [1.807, 2.05) is 4.90 Å². The monoisotopic (exact) mass is 954 g/mol. The number of benzene rings is 3. The summed E-state index contributed by atoms with van der Waals surface area (Å²) in [5.74, 6) is -2.56. The normalized spacial score (nSPS) is 17.2. The van der Waals surface area contributed by atoms with Crippen LogP contribution in [0.25, 0.3) is 16.6 Å². The number of anilines is 3. The van der Waals surface area contributed by atoms with Crippen molar-refractivity contribution in [1.29, 1.82) is 5.26 Å². The topological polar surface area (TPSA) is 237 Å². The summed E-state index contributed by atoms with van der Waals surface area (Å²) in [4.78, 5) is 70.3. The maximum Gasteiger partial charge on any atom is 0.301 e. The number of hydrogen-bond acceptors (Lipinski definition) is 15. The minimum atomic E-state index is -4.08. The summed E-state index contributed by atoms with van der Waals surface area (Å²) in [6.45, 7) is 5.08. The second-order valence-corrected chi connectivity index (χ2v) is 18.3. The van der Waals surface area contributed by atoms with Gasteiger partial charge in [0.2, 0.25) is 23.7 Å². The number of carbonyl (C=O) groups is 3. The Balaban J connectivity index is 0.872. The summed E-state index contributed by atoms with van der Waals surface area (Å²) in [5, 5.41) is 15.3. The van der Waals surface area contributed by atoms with Gasteiger partial charge in [-0.1, -0.05) is 13.0 Å². The van der Waals surface area contributed by atoms with Crippen LogP contribution in [0, 0.1) is 23.0 Å². The first kappa shape index (κ1) is 47.2. The summed E-state index contributed by atoms with van der Waals surface area (Å²) < 4.78 is 71.9. The van der Waals surface area contributed by atoms with Crippen LogP contribution in [0.3, 0.4) is 0 Å². The number of nitrogens with zero attached hydrogens (tertiary/aromatic N) is 9. The molecular formula is C45H48F2N12O8S. The lowest BCUT2D eigenvalue weighted by Gasteiger charge is -2.37. The molecule has 3 saturated heterocycles. The van der Waals surface area contributed by atoms with E-state index in [2.05, 4.69) is 35.2 Å². The number of rotatable bonds is 14. The van der Waals surface area contributed by atoms with E-state index in [0.29, 0.717) is 75.7 Å². The third-order valence-electron chi connectivity index (χ3n) is 12.4. The van der Waals surface area contributed by atoms with Crippen molar-refractivity contribution in [2.45, 2.75) is 44.6 Å². The molecule has 0 spiro atoms. The van der Waals surface area contributed by atoms with E-state index in [9.17, 15) is 32.9 Å². The van der Waals surface area contributed by atoms with E-state index in [4.69, 9.17) is 9.47 Å². The van der Waals surface area contributed by atoms with Crippen molar-refractivity contribution >= 4 is 56.2 Å². The molecule has 20 nitrogen and oxygen atoms in total. The van der Waals surface area contributed by atoms with Gasteiger partial charge in [0.05, 0.1) is 42.9 Å². The van der Waals surface area contributed by atoms with Gasteiger partial charge in [0.25, 0.3) is 5.56 Å². The number of nitriles is 1. The summed E-state index contributed by atoms with van der Waals surface area (Å²) in [5.41, 5.74) is 0.301. The van der Waals surface area contributed by atoms with E-state index in [1.54, 1.807) is 30.0 Å². The molecule has 23 heteroatoms. The maximum absolute atomic E-state index is 15.3. The van der Waals surface area contributed by atoms with Crippen molar-refractivity contribution < 1.29 is 41.1 Å². The minimum Gasteiger partial charge on any atom is -0.492 e. The highest BCUT2D eigenvalue weighted by molar-refractivity contribution is 7.90. The highest BCUT2D eigenvalue weighted by Gasteiger charge is 2.30. The number of imide groups is 1. The molecule has 3 N–H and O–H groups in total. The van der Waals surface area contributed by atoms with E-state index < -0.39 is 44.8 Å². The molecule has 1 atom stereocenters. The smallest absolute Gasteiger partial charge is 0.301 e. The molecule has 3 aromatic carbocycles. The van der Waals surface area contributed by atoms with Gasteiger partial charge in [-0.15, -0.1) is 0 Å². The average Bonchev–Trinajstić information content (AvgIpc) is 3.33. The number of aromatic nitrogens is 4. The molecule has 3 fully saturated rings. The third kappa shape index (κ3) is 9.88. The number of amides is 3. The molecular weight excluding hydrogens is 907 g/mol. The molecule has 3 amide bonds. The minimum absolute atomic E-state index is 0.00588. The Kier molecular flexibility index (Phi) is 13.8. The fraction of sp³-hybridized carbons (Fsp3) is 0.378. The quantitative estimate of drug-likeness (QED) is 0.135. The first-order valence-electron chi connectivity index (χ1n) is 21.9. The first-order valence-corrected chi connectivity index (χ1v) is 23.3. The van der Waals surface area contributed by atoms with Crippen LogP contribution in [-0.4, -0.2) is 132 Å². The van der Waals surface area contributed by atoms with Crippen molar-refractivity contribution in [1.82, 2.24) is 38.9 Å². The number of nitrogens with one attached hydrogen (secondary N) is 3. The summed E-state index contributed by atoms with van der Waals surface area (Å²) >= 11 is 0. The molecule has 0 saturated carbocycles. The number of carbonyl (C=O) groups excluding carboxylic acids is 3. The number of hydrogen-bond donors (Lipinski definition) is 3. The zero-order valence-electron chi connectivity index (χ0n) is 37.4. The van der Waals surface area contributed by atoms with Crippen LogP contribution in [0.15, 0.2) is 66.0 Å². The zero-order chi connectivity index (χ0) is 48.3. The van der Waals surface area contributed by atoms with Crippen LogP contribution < -0.4 is 35.3 Å². The van der Waals surface area contributed by atoms with Gasteiger partial charge < -0.3 is 24.6 Å². The Labute approximate surface area is 389 Å². The molecule has 0 aliphatic carbocycles. The molecule has 0 unspecified atom stereocenters. The van der Waals surface area contributed by atoms with E-state index in [0.717, 1.165) is 16.4 Å². The van der Waals surface area contributed by atoms with Gasteiger partial charge in [0.1, 0.15) is 35.2 Å². The average molecular weight is 955 g/mol.